The fourth-order valence-corrected chi connectivity index (χ4v) is 1.09. The normalized spacial score (nSPS) is 9.67. The molecule has 0 spiro atoms. The third-order valence-electron chi connectivity index (χ3n) is 1.83. The van der Waals surface area contributed by atoms with Gasteiger partial charge in [0.2, 0.25) is 0 Å². The van der Waals surface area contributed by atoms with Crippen molar-refractivity contribution in [1.82, 2.24) is 5.32 Å². The Hall–Kier alpha value is -1.91. The van der Waals surface area contributed by atoms with Crippen molar-refractivity contribution in [3.63, 3.8) is 0 Å². The second kappa shape index (κ2) is 5.09. The van der Waals surface area contributed by atoms with Crippen molar-refractivity contribution >= 4 is 11.9 Å². The van der Waals surface area contributed by atoms with E-state index in [2.05, 4.69) is 5.32 Å². The van der Waals surface area contributed by atoms with Crippen LogP contribution in [0.1, 0.15) is 5.56 Å². The van der Waals surface area contributed by atoms with Crippen molar-refractivity contribution < 1.29 is 19.1 Å². The van der Waals surface area contributed by atoms with Gasteiger partial charge in [-0.25, -0.2) is 9.18 Å². The van der Waals surface area contributed by atoms with Gasteiger partial charge in [-0.15, -0.1) is 0 Å². The van der Waals surface area contributed by atoms with Gasteiger partial charge in [-0.2, -0.15) is 0 Å². The zero-order chi connectivity index (χ0) is 11.3. The lowest BCUT2D eigenvalue weighted by atomic mass is 10.1. The number of hydrogen-bond acceptors (Lipinski definition) is 2. The van der Waals surface area contributed by atoms with E-state index < -0.39 is 11.9 Å². The van der Waals surface area contributed by atoms with E-state index in [1.165, 1.54) is 6.07 Å². The Kier molecular flexibility index (Phi) is 3.79. The SMILES string of the molecule is O=C(O)C(=O)NCCc1ccccc1F. The summed E-state index contributed by atoms with van der Waals surface area (Å²) in [5.74, 6) is -2.98. The monoisotopic (exact) mass is 211 g/mol. The number of hydrogen-bond donors (Lipinski definition) is 2. The van der Waals surface area contributed by atoms with Crippen LogP contribution in [0.25, 0.3) is 0 Å². The molecule has 0 aliphatic carbocycles. The molecule has 5 heteroatoms. The van der Waals surface area contributed by atoms with Gasteiger partial charge in [0.05, 0.1) is 0 Å². The average molecular weight is 211 g/mol. The molecule has 80 valence electrons. The number of nitrogens with one attached hydrogen (secondary N) is 1. The minimum atomic E-state index is -1.54. The molecule has 1 aromatic rings. The first-order valence-corrected chi connectivity index (χ1v) is 4.36. The fourth-order valence-electron chi connectivity index (χ4n) is 1.09. The highest BCUT2D eigenvalue weighted by Crippen LogP contribution is 2.05. The lowest BCUT2D eigenvalue weighted by Crippen LogP contribution is -2.32. The molecular weight excluding hydrogens is 201 g/mol. The summed E-state index contributed by atoms with van der Waals surface area (Å²) in [7, 11) is 0. The minimum Gasteiger partial charge on any atom is -0.474 e. The molecule has 1 amide bonds. The molecule has 0 aliphatic heterocycles. The summed E-state index contributed by atoms with van der Waals surface area (Å²) in [6.07, 6.45) is 0.270. The van der Waals surface area contributed by atoms with Crippen LogP contribution in [0.15, 0.2) is 24.3 Å². The molecule has 0 unspecified atom stereocenters. The topological polar surface area (TPSA) is 66.4 Å². The van der Waals surface area contributed by atoms with E-state index in [1.807, 2.05) is 0 Å². The van der Waals surface area contributed by atoms with Crippen LogP contribution in [0.3, 0.4) is 0 Å². The van der Waals surface area contributed by atoms with Crippen LogP contribution in [-0.2, 0) is 16.0 Å². The van der Waals surface area contributed by atoms with Gasteiger partial charge in [0.25, 0.3) is 0 Å². The van der Waals surface area contributed by atoms with Crippen molar-refractivity contribution in [1.29, 1.82) is 0 Å². The lowest BCUT2D eigenvalue weighted by molar-refractivity contribution is -0.150. The maximum absolute atomic E-state index is 13.0. The summed E-state index contributed by atoms with van der Waals surface area (Å²) < 4.78 is 13.0. The first-order chi connectivity index (χ1) is 7.11. The zero-order valence-corrected chi connectivity index (χ0v) is 7.87. The summed E-state index contributed by atoms with van der Waals surface area (Å²) >= 11 is 0. The number of rotatable bonds is 3. The molecule has 15 heavy (non-hydrogen) atoms. The molecule has 0 radical (unpaired) electrons. The number of carbonyl (C=O) groups excluding carboxylic acids is 1. The van der Waals surface area contributed by atoms with Gasteiger partial charge in [-0.1, -0.05) is 18.2 Å². The van der Waals surface area contributed by atoms with Crippen LogP contribution >= 0.6 is 0 Å². The molecule has 2 N–H and O–H groups in total. The number of benzene rings is 1. The smallest absolute Gasteiger partial charge is 0.394 e. The third kappa shape index (κ3) is 3.38. The van der Waals surface area contributed by atoms with E-state index >= 15 is 0 Å². The molecule has 0 fully saturated rings. The summed E-state index contributed by atoms with van der Waals surface area (Å²) in [6, 6.07) is 6.14. The number of carbonyl (C=O) groups is 2. The lowest BCUT2D eigenvalue weighted by Gasteiger charge is -2.03. The number of carboxylic acid groups (broad SMARTS) is 1. The van der Waals surface area contributed by atoms with Crippen molar-refractivity contribution in [3.05, 3.63) is 35.6 Å². The second-order valence-corrected chi connectivity index (χ2v) is 2.90. The van der Waals surface area contributed by atoms with Gasteiger partial charge in [0.15, 0.2) is 0 Å². The predicted octanol–water partition coefficient (Wildman–Crippen LogP) is 0.569. The maximum atomic E-state index is 13.0. The summed E-state index contributed by atoms with van der Waals surface area (Å²) in [4.78, 5) is 20.7. The highest BCUT2D eigenvalue weighted by Gasteiger charge is 2.09. The molecule has 0 aliphatic rings. The van der Waals surface area contributed by atoms with Crippen molar-refractivity contribution in [2.45, 2.75) is 6.42 Å². The Labute approximate surface area is 85.7 Å². The van der Waals surface area contributed by atoms with E-state index in [1.54, 1.807) is 18.2 Å². The molecule has 0 aromatic heterocycles. The molecule has 0 saturated heterocycles. The fraction of sp³-hybridized carbons (Fsp3) is 0.200. The number of carboxylic acids is 1. The molecular formula is C10H10FNO3. The Morgan fingerprint density at radius 1 is 1.33 bits per heavy atom. The Bertz CT molecular complexity index is 379. The van der Waals surface area contributed by atoms with E-state index in [-0.39, 0.29) is 18.8 Å². The van der Waals surface area contributed by atoms with Gasteiger partial charge in [-0.3, -0.25) is 4.79 Å². The van der Waals surface area contributed by atoms with Crippen LogP contribution in [0.2, 0.25) is 0 Å². The van der Waals surface area contributed by atoms with E-state index in [0.717, 1.165) is 0 Å². The molecule has 0 bridgehead atoms. The average Bonchev–Trinajstić information content (AvgIpc) is 2.20. The van der Waals surface area contributed by atoms with Crippen molar-refractivity contribution in [2.24, 2.45) is 0 Å². The standard InChI is InChI=1S/C10H10FNO3/c11-8-4-2-1-3-7(8)5-6-12-9(13)10(14)15/h1-4H,5-6H2,(H,12,13)(H,14,15). The quantitative estimate of drug-likeness (QED) is 0.718. The molecule has 0 atom stereocenters. The van der Waals surface area contributed by atoms with Crippen LogP contribution in [0.4, 0.5) is 4.39 Å². The Balaban J connectivity index is 2.42. The second-order valence-electron chi connectivity index (χ2n) is 2.90. The van der Waals surface area contributed by atoms with Gasteiger partial charge in [0, 0.05) is 6.54 Å². The molecule has 1 rings (SSSR count). The Morgan fingerprint density at radius 3 is 2.60 bits per heavy atom. The van der Waals surface area contributed by atoms with Crippen LogP contribution in [0.5, 0.6) is 0 Å². The van der Waals surface area contributed by atoms with E-state index in [4.69, 9.17) is 5.11 Å². The third-order valence-corrected chi connectivity index (χ3v) is 1.83. The van der Waals surface area contributed by atoms with E-state index in [0.29, 0.717) is 5.56 Å². The summed E-state index contributed by atoms with van der Waals surface area (Å²) in [5.41, 5.74) is 0.447. The number of aliphatic carboxylic acids is 1. The van der Waals surface area contributed by atoms with Gasteiger partial charge < -0.3 is 10.4 Å². The maximum Gasteiger partial charge on any atom is 0.394 e. The van der Waals surface area contributed by atoms with E-state index in [9.17, 15) is 14.0 Å². The predicted molar refractivity (Wildman–Crippen MR) is 50.7 cm³/mol. The summed E-state index contributed by atoms with van der Waals surface area (Å²) in [5, 5.41) is 10.4. The zero-order valence-electron chi connectivity index (χ0n) is 7.87. The number of amides is 1. The summed E-state index contributed by atoms with van der Waals surface area (Å²) in [6.45, 7) is 0.103. The first-order valence-electron chi connectivity index (χ1n) is 4.36. The number of halogens is 1. The molecule has 1 aromatic carbocycles. The Morgan fingerprint density at radius 2 is 2.00 bits per heavy atom. The first kappa shape index (κ1) is 11.2. The van der Waals surface area contributed by atoms with Gasteiger partial charge >= 0.3 is 11.9 Å². The van der Waals surface area contributed by atoms with Crippen LogP contribution in [-0.4, -0.2) is 23.5 Å². The minimum absolute atomic E-state index is 0.103. The molecule has 0 saturated carbocycles. The van der Waals surface area contributed by atoms with Gasteiger partial charge in [-0.05, 0) is 18.1 Å². The highest BCUT2D eigenvalue weighted by atomic mass is 19.1. The molecule has 0 heterocycles. The van der Waals surface area contributed by atoms with Crippen LogP contribution < -0.4 is 5.32 Å². The van der Waals surface area contributed by atoms with Gasteiger partial charge in [0.1, 0.15) is 5.82 Å². The highest BCUT2D eigenvalue weighted by molar-refractivity contribution is 6.31. The largest absolute Gasteiger partial charge is 0.474 e. The van der Waals surface area contributed by atoms with Crippen LogP contribution in [0, 0.1) is 5.82 Å². The van der Waals surface area contributed by atoms with Crippen molar-refractivity contribution in [3.8, 4) is 0 Å². The molecule has 4 nitrogen and oxygen atoms in total. The van der Waals surface area contributed by atoms with Crippen molar-refractivity contribution in [2.75, 3.05) is 6.54 Å².